The van der Waals surface area contributed by atoms with Gasteiger partial charge in [0.25, 0.3) is 17.7 Å². The second kappa shape index (κ2) is 10.1. The van der Waals surface area contributed by atoms with E-state index in [4.69, 9.17) is 4.74 Å². The van der Waals surface area contributed by atoms with Crippen molar-refractivity contribution in [1.29, 1.82) is 0 Å². The first-order chi connectivity index (χ1) is 16.5. The van der Waals surface area contributed by atoms with Gasteiger partial charge in [-0.05, 0) is 23.3 Å². The van der Waals surface area contributed by atoms with Gasteiger partial charge in [-0.25, -0.2) is 4.79 Å². The molecule has 34 heavy (non-hydrogen) atoms. The normalized spacial score (nSPS) is 13.4. The summed E-state index contributed by atoms with van der Waals surface area (Å²) in [4.78, 5) is 54.1. The number of amides is 3. The highest BCUT2D eigenvalue weighted by Gasteiger charge is 2.43. The van der Waals surface area contributed by atoms with Crippen LogP contribution in [-0.2, 0) is 27.3 Å². The van der Waals surface area contributed by atoms with Crippen LogP contribution >= 0.6 is 0 Å². The second-order valence-electron chi connectivity index (χ2n) is 8.07. The molecule has 0 aromatic heterocycles. The number of benzene rings is 3. The van der Waals surface area contributed by atoms with Gasteiger partial charge in [0, 0.05) is 20.0 Å². The van der Waals surface area contributed by atoms with Crippen molar-refractivity contribution in [2.45, 2.75) is 19.0 Å². The Morgan fingerprint density at radius 3 is 1.85 bits per heavy atom. The molecule has 3 aromatic carbocycles. The van der Waals surface area contributed by atoms with Crippen molar-refractivity contribution in [3.8, 4) is 0 Å². The average molecular weight is 456 g/mol. The Morgan fingerprint density at radius 2 is 1.29 bits per heavy atom. The van der Waals surface area contributed by atoms with Crippen molar-refractivity contribution in [2.24, 2.45) is 0 Å². The summed E-state index contributed by atoms with van der Waals surface area (Å²) in [5, 5.41) is 0. The van der Waals surface area contributed by atoms with E-state index in [0.717, 1.165) is 16.0 Å². The highest BCUT2D eigenvalue weighted by atomic mass is 16.5. The van der Waals surface area contributed by atoms with Gasteiger partial charge in [0.15, 0.2) is 6.61 Å². The number of ether oxygens (including phenoxy) is 1. The van der Waals surface area contributed by atoms with Gasteiger partial charge < -0.3 is 9.64 Å². The molecular weight excluding hydrogens is 432 g/mol. The number of imide groups is 1. The first-order valence-electron chi connectivity index (χ1n) is 10.9. The van der Waals surface area contributed by atoms with E-state index in [9.17, 15) is 19.2 Å². The van der Waals surface area contributed by atoms with Crippen LogP contribution in [0.2, 0.25) is 0 Å². The molecule has 0 radical (unpaired) electrons. The average Bonchev–Trinajstić information content (AvgIpc) is 3.12. The fourth-order valence-corrected chi connectivity index (χ4v) is 3.89. The summed E-state index contributed by atoms with van der Waals surface area (Å²) >= 11 is 0. The minimum absolute atomic E-state index is 0.0825. The van der Waals surface area contributed by atoms with E-state index < -0.39 is 36.3 Å². The van der Waals surface area contributed by atoms with Gasteiger partial charge in [0.05, 0.1) is 11.1 Å². The van der Waals surface area contributed by atoms with Crippen LogP contribution in [0, 0.1) is 0 Å². The maximum Gasteiger partial charge on any atom is 0.330 e. The highest BCUT2D eigenvalue weighted by Crippen LogP contribution is 2.26. The molecule has 0 saturated heterocycles. The van der Waals surface area contributed by atoms with Crippen LogP contribution in [-0.4, -0.2) is 53.2 Å². The van der Waals surface area contributed by atoms with Gasteiger partial charge in [-0.3, -0.25) is 19.3 Å². The number of carbonyl (C=O) groups excluding carboxylic acids is 4. The zero-order valence-corrected chi connectivity index (χ0v) is 18.7. The van der Waals surface area contributed by atoms with Gasteiger partial charge in [0.2, 0.25) is 0 Å². The number of hydrogen-bond donors (Lipinski definition) is 0. The van der Waals surface area contributed by atoms with Crippen molar-refractivity contribution in [2.75, 3.05) is 13.7 Å². The lowest BCUT2D eigenvalue weighted by molar-refractivity contribution is -0.155. The highest BCUT2D eigenvalue weighted by molar-refractivity contribution is 6.22. The topological polar surface area (TPSA) is 84.0 Å². The molecule has 1 aliphatic heterocycles. The van der Waals surface area contributed by atoms with Crippen molar-refractivity contribution >= 4 is 23.7 Å². The van der Waals surface area contributed by atoms with Gasteiger partial charge >= 0.3 is 5.97 Å². The van der Waals surface area contributed by atoms with Crippen molar-refractivity contribution in [3.63, 3.8) is 0 Å². The minimum atomic E-state index is -1.19. The Bertz CT molecular complexity index is 1170. The molecule has 1 atom stereocenters. The maximum atomic E-state index is 13.1. The SMILES string of the molecule is CN(Cc1ccccc1)C(=O)COC(=O)[C@H](Cc1ccccc1)N1C(=O)c2ccccc2C1=O. The molecule has 0 unspecified atom stereocenters. The number of rotatable bonds is 8. The third-order valence-corrected chi connectivity index (χ3v) is 5.71. The Hall–Kier alpha value is -4.26. The third kappa shape index (κ3) is 4.88. The summed E-state index contributed by atoms with van der Waals surface area (Å²) < 4.78 is 5.33. The van der Waals surface area contributed by atoms with Crippen LogP contribution in [0.3, 0.4) is 0 Å². The van der Waals surface area contributed by atoms with E-state index in [0.29, 0.717) is 6.54 Å². The maximum absolute atomic E-state index is 13.1. The van der Waals surface area contributed by atoms with Crippen LogP contribution in [0.4, 0.5) is 0 Å². The predicted molar refractivity (Wildman–Crippen MR) is 125 cm³/mol. The van der Waals surface area contributed by atoms with Crippen LogP contribution in [0.15, 0.2) is 84.9 Å². The van der Waals surface area contributed by atoms with E-state index >= 15 is 0 Å². The van der Waals surface area contributed by atoms with Gasteiger partial charge in [0.1, 0.15) is 6.04 Å². The Balaban J connectivity index is 1.49. The molecule has 7 nitrogen and oxygen atoms in total. The lowest BCUT2D eigenvalue weighted by Crippen LogP contribution is -2.47. The van der Waals surface area contributed by atoms with Crippen molar-refractivity contribution in [1.82, 2.24) is 9.80 Å². The second-order valence-corrected chi connectivity index (χ2v) is 8.07. The molecule has 0 saturated carbocycles. The summed E-state index contributed by atoms with van der Waals surface area (Å²) in [6.45, 7) is -0.125. The summed E-state index contributed by atoms with van der Waals surface area (Å²) in [5.74, 6) is -2.30. The van der Waals surface area contributed by atoms with E-state index in [1.54, 1.807) is 43.4 Å². The zero-order chi connectivity index (χ0) is 24.1. The fraction of sp³-hybridized carbons (Fsp3) is 0.185. The van der Waals surface area contributed by atoms with Gasteiger partial charge in [-0.15, -0.1) is 0 Å². The fourth-order valence-electron chi connectivity index (χ4n) is 3.89. The van der Waals surface area contributed by atoms with Crippen LogP contribution in [0.5, 0.6) is 0 Å². The van der Waals surface area contributed by atoms with Gasteiger partial charge in [-0.2, -0.15) is 0 Å². The number of carbonyl (C=O) groups is 4. The molecule has 0 N–H and O–H groups in total. The number of fused-ring (bicyclic) bond motifs is 1. The molecule has 0 fully saturated rings. The van der Waals surface area contributed by atoms with Crippen molar-refractivity contribution in [3.05, 3.63) is 107 Å². The molecule has 3 aromatic rings. The number of esters is 1. The smallest absolute Gasteiger partial charge is 0.330 e. The molecule has 0 aliphatic carbocycles. The lowest BCUT2D eigenvalue weighted by atomic mass is 10.0. The molecular formula is C27H24N2O5. The molecule has 0 bridgehead atoms. The zero-order valence-electron chi connectivity index (χ0n) is 18.7. The Kier molecular flexibility index (Phi) is 6.82. The summed E-state index contributed by atoms with van der Waals surface area (Å²) in [6.07, 6.45) is 0.0825. The Morgan fingerprint density at radius 1 is 0.794 bits per heavy atom. The first-order valence-corrected chi connectivity index (χ1v) is 10.9. The largest absolute Gasteiger partial charge is 0.454 e. The molecule has 3 amide bonds. The van der Waals surface area contributed by atoms with E-state index in [-0.39, 0.29) is 17.5 Å². The summed E-state index contributed by atoms with van der Waals surface area (Å²) in [7, 11) is 1.62. The Labute approximate surface area is 197 Å². The number of hydrogen-bond acceptors (Lipinski definition) is 5. The van der Waals surface area contributed by atoms with Crippen LogP contribution < -0.4 is 0 Å². The molecule has 7 heteroatoms. The van der Waals surface area contributed by atoms with Crippen LogP contribution in [0.25, 0.3) is 0 Å². The predicted octanol–water partition coefficient (Wildman–Crippen LogP) is 3.10. The number of likely N-dealkylation sites (N-methyl/N-ethyl adjacent to an activating group) is 1. The summed E-state index contributed by atoms with van der Waals surface area (Å²) in [6, 6.07) is 23.7. The standard InChI is InChI=1S/C27H24N2O5/c1-28(17-20-12-6-3-7-13-20)24(30)18-34-27(33)23(16-19-10-4-2-5-11-19)29-25(31)21-14-8-9-15-22(21)26(29)32/h2-15,23H,16-18H2,1H3/t23-/m0/s1. The van der Waals surface area contributed by atoms with Gasteiger partial charge in [-0.1, -0.05) is 72.8 Å². The molecule has 1 heterocycles. The van der Waals surface area contributed by atoms with E-state index in [1.807, 2.05) is 48.5 Å². The number of nitrogens with zero attached hydrogens (tertiary/aromatic N) is 2. The molecule has 0 spiro atoms. The van der Waals surface area contributed by atoms with Crippen molar-refractivity contribution < 1.29 is 23.9 Å². The third-order valence-electron chi connectivity index (χ3n) is 5.71. The van der Waals surface area contributed by atoms with Crippen LogP contribution in [0.1, 0.15) is 31.8 Å². The summed E-state index contributed by atoms with van der Waals surface area (Å²) in [5.41, 5.74) is 2.19. The monoisotopic (exact) mass is 456 g/mol. The van der Waals surface area contributed by atoms with E-state index in [1.165, 1.54) is 4.90 Å². The minimum Gasteiger partial charge on any atom is -0.454 e. The molecule has 4 rings (SSSR count). The lowest BCUT2D eigenvalue weighted by Gasteiger charge is -2.25. The van der Waals surface area contributed by atoms with E-state index in [2.05, 4.69) is 0 Å². The first kappa shape index (κ1) is 22.9. The molecule has 172 valence electrons. The molecule has 1 aliphatic rings. The quantitative estimate of drug-likeness (QED) is 0.384.